The second-order valence-electron chi connectivity index (χ2n) is 5.04. The van der Waals surface area contributed by atoms with Gasteiger partial charge in [0.2, 0.25) is 0 Å². The van der Waals surface area contributed by atoms with E-state index in [1.54, 1.807) is 26.4 Å². The van der Waals surface area contributed by atoms with E-state index in [1.807, 2.05) is 36.4 Å². The van der Waals surface area contributed by atoms with Gasteiger partial charge in [-0.3, -0.25) is 4.79 Å². The van der Waals surface area contributed by atoms with E-state index >= 15 is 0 Å². The summed E-state index contributed by atoms with van der Waals surface area (Å²) in [6.07, 6.45) is 1.77. The van der Waals surface area contributed by atoms with Crippen LogP contribution in [-0.2, 0) is 4.79 Å². The van der Waals surface area contributed by atoms with Crippen LogP contribution < -0.4 is 14.8 Å². The fourth-order valence-electron chi connectivity index (χ4n) is 2.23. The highest BCUT2D eigenvalue weighted by Gasteiger charge is 2.24. The van der Waals surface area contributed by atoms with Crippen LogP contribution in [0.15, 0.2) is 56.8 Å². The average Bonchev–Trinajstić information content (AvgIpc) is 2.96. The summed E-state index contributed by atoms with van der Waals surface area (Å²) < 4.78 is 11.5. The van der Waals surface area contributed by atoms with Gasteiger partial charge in [-0.15, -0.1) is 0 Å². The number of amidine groups is 1. The topological polar surface area (TPSA) is 59.9 Å². The van der Waals surface area contributed by atoms with Crippen molar-refractivity contribution in [3.05, 3.63) is 57.4 Å². The van der Waals surface area contributed by atoms with Gasteiger partial charge in [0.25, 0.3) is 5.91 Å². The number of ether oxygens (including phenoxy) is 2. The van der Waals surface area contributed by atoms with Crippen molar-refractivity contribution in [1.29, 1.82) is 0 Å². The molecule has 0 saturated carbocycles. The molecule has 25 heavy (non-hydrogen) atoms. The number of para-hydroxylation sites is 1. The Morgan fingerprint density at radius 3 is 2.68 bits per heavy atom. The Balaban J connectivity index is 1.91. The molecule has 1 heterocycles. The lowest BCUT2D eigenvalue weighted by atomic mass is 10.1. The van der Waals surface area contributed by atoms with Gasteiger partial charge in [-0.2, -0.15) is 0 Å². The number of nitrogens with zero attached hydrogens (tertiary/aromatic N) is 1. The number of hydrogen-bond donors (Lipinski definition) is 1. The second kappa shape index (κ2) is 7.76. The number of aliphatic imine (C=N–C) groups is 1. The summed E-state index contributed by atoms with van der Waals surface area (Å²) in [4.78, 5) is 17.3. The van der Waals surface area contributed by atoms with E-state index < -0.39 is 0 Å². The van der Waals surface area contributed by atoms with Crippen LogP contribution in [0.3, 0.4) is 0 Å². The number of methoxy groups -OCH3 is 2. The molecule has 1 saturated heterocycles. The molecule has 1 aliphatic rings. The van der Waals surface area contributed by atoms with E-state index in [0.717, 1.165) is 15.7 Å². The molecule has 1 N–H and O–H groups in total. The molecule has 7 heteroatoms. The Hall–Kier alpha value is -2.25. The standard InChI is InChI=1S/C18H15BrN2O3S/c1-23-12-7-8-15(24-2)11(9-12)10-16-17(22)21-18(25-16)20-14-6-4-3-5-13(14)19/h3-10H,1-2H3,(H,20,21,22). The zero-order valence-corrected chi connectivity index (χ0v) is 16.0. The molecule has 0 bridgehead atoms. The first-order chi connectivity index (χ1) is 12.1. The second-order valence-corrected chi connectivity index (χ2v) is 6.93. The summed E-state index contributed by atoms with van der Waals surface area (Å²) in [6, 6.07) is 13.0. The zero-order valence-electron chi connectivity index (χ0n) is 13.6. The molecule has 0 aromatic heterocycles. The molecule has 128 valence electrons. The van der Waals surface area contributed by atoms with Gasteiger partial charge in [-0.1, -0.05) is 12.1 Å². The van der Waals surface area contributed by atoms with Crippen molar-refractivity contribution in [3.63, 3.8) is 0 Å². The Bertz CT molecular complexity index is 880. The molecule has 0 spiro atoms. The number of carbonyl (C=O) groups excluding carboxylic acids is 1. The maximum absolute atomic E-state index is 12.3. The quantitative estimate of drug-likeness (QED) is 0.749. The van der Waals surface area contributed by atoms with Crippen molar-refractivity contribution in [2.75, 3.05) is 14.2 Å². The molecule has 0 radical (unpaired) electrons. The van der Waals surface area contributed by atoms with E-state index in [4.69, 9.17) is 9.47 Å². The fourth-order valence-corrected chi connectivity index (χ4v) is 3.42. The van der Waals surface area contributed by atoms with Crippen molar-refractivity contribution in [1.82, 2.24) is 5.32 Å². The molecule has 3 rings (SSSR count). The molecule has 0 unspecified atom stereocenters. The van der Waals surface area contributed by atoms with Gasteiger partial charge in [-0.25, -0.2) is 4.99 Å². The average molecular weight is 419 g/mol. The first-order valence-corrected chi connectivity index (χ1v) is 8.98. The summed E-state index contributed by atoms with van der Waals surface area (Å²) in [5, 5.41) is 3.31. The largest absolute Gasteiger partial charge is 0.497 e. The SMILES string of the molecule is COc1ccc(OC)c(C=C2SC(=Nc3ccccc3Br)NC2=O)c1. The molecule has 2 aromatic rings. The smallest absolute Gasteiger partial charge is 0.264 e. The molecule has 1 amide bonds. The fraction of sp³-hybridized carbons (Fsp3) is 0.111. The minimum Gasteiger partial charge on any atom is -0.497 e. The van der Waals surface area contributed by atoms with Gasteiger partial charge in [0, 0.05) is 10.0 Å². The molecule has 0 atom stereocenters. The summed E-state index contributed by atoms with van der Waals surface area (Å²) in [7, 11) is 3.18. The number of amides is 1. The minimum atomic E-state index is -0.194. The highest BCUT2D eigenvalue weighted by atomic mass is 79.9. The third-order valence-electron chi connectivity index (χ3n) is 3.45. The normalized spacial score (nSPS) is 17.0. The van der Waals surface area contributed by atoms with Gasteiger partial charge in [0.15, 0.2) is 5.17 Å². The lowest BCUT2D eigenvalue weighted by Crippen LogP contribution is -2.19. The summed E-state index contributed by atoms with van der Waals surface area (Å²) in [5.41, 5.74) is 1.52. The highest BCUT2D eigenvalue weighted by Crippen LogP contribution is 2.33. The van der Waals surface area contributed by atoms with E-state index in [-0.39, 0.29) is 5.91 Å². The molecule has 5 nitrogen and oxygen atoms in total. The van der Waals surface area contributed by atoms with E-state index in [2.05, 4.69) is 26.2 Å². The minimum absolute atomic E-state index is 0.194. The van der Waals surface area contributed by atoms with Crippen molar-refractivity contribution in [3.8, 4) is 11.5 Å². The van der Waals surface area contributed by atoms with Crippen molar-refractivity contribution in [2.45, 2.75) is 0 Å². The van der Waals surface area contributed by atoms with Crippen LogP contribution in [0.1, 0.15) is 5.56 Å². The maximum atomic E-state index is 12.3. The zero-order chi connectivity index (χ0) is 17.8. The van der Waals surface area contributed by atoms with Crippen LogP contribution in [0.4, 0.5) is 5.69 Å². The Kier molecular flexibility index (Phi) is 5.45. The van der Waals surface area contributed by atoms with E-state index in [0.29, 0.717) is 21.6 Å². The Morgan fingerprint density at radius 1 is 1.16 bits per heavy atom. The van der Waals surface area contributed by atoms with Crippen molar-refractivity contribution in [2.24, 2.45) is 4.99 Å². The molecular weight excluding hydrogens is 404 g/mol. The number of thioether (sulfide) groups is 1. The molecule has 2 aromatic carbocycles. The van der Waals surface area contributed by atoms with E-state index in [9.17, 15) is 4.79 Å². The monoisotopic (exact) mass is 418 g/mol. The summed E-state index contributed by atoms with van der Waals surface area (Å²) in [5.74, 6) is 1.16. The van der Waals surface area contributed by atoms with Crippen LogP contribution in [-0.4, -0.2) is 25.3 Å². The maximum Gasteiger partial charge on any atom is 0.264 e. The lowest BCUT2D eigenvalue weighted by molar-refractivity contribution is -0.115. The number of halogens is 1. The van der Waals surface area contributed by atoms with Gasteiger partial charge < -0.3 is 14.8 Å². The third-order valence-corrected chi connectivity index (χ3v) is 5.03. The lowest BCUT2D eigenvalue weighted by Gasteiger charge is -2.07. The first kappa shape index (κ1) is 17.6. The van der Waals surface area contributed by atoms with Gasteiger partial charge in [0.05, 0.1) is 24.8 Å². The van der Waals surface area contributed by atoms with Gasteiger partial charge in [0.1, 0.15) is 11.5 Å². The summed E-state index contributed by atoms with van der Waals surface area (Å²) in [6.45, 7) is 0. The number of hydrogen-bond acceptors (Lipinski definition) is 5. The first-order valence-electron chi connectivity index (χ1n) is 7.37. The molecule has 1 fully saturated rings. The van der Waals surface area contributed by atoms with Crippen molar-refractivity contribution < 1.29 is 14.3 Å². The number of benzene rings is 2. The van der Waals surface area contributed by atoms with Gasteiger partial charge >= 0.3 is 0 Å². The predicted octanol–water partition coefficient (Wildman–Crippen LogP) is 4.36. The number of carbonyl (C=O) groups is 1. The third kappa shape index (κ3) is 4.05. The van der Waals surface area contributed by atoms with E-state index in [1.165, 1.54) is 11.8 Å². The van der Waals surface area contributed by atoms with Crippen LogP contribution in [0, 0.1) is 0 Å². The van der Waals surface area contributed by atoms with Crippen molar-refractivity contribution >= 4 is 50.5 Å². The Labute approximate surface area is 158 Å². The molecule has 0 aliphatic carbocycles. The van der Waals surface area contributed by atoms with Crippen LogP contribution in [0.2, 0.25) is 0 Å². The number of nitrogens with one attached hydrogen (secondary N) is 1. The summed E-state index contributed by atoms with van der Waals surface area (Å²) >= 11 is 4.73. The molecule has 1 aliphatic heterocycles. The van der Waals surface area contributed by atoms with Crippen LogP contribution in [0.5, 0.6) is 11.5 Å². The van der Waals surface area contributed by atoms with Crippen LogP contribution >= 0.6 is 27.7 Å². The highest BCUT2D eigenvalue weighted by molar-refractivity contribution is 9.10. The van der Waals surface area contributed by atoms with Crippen LogP contribution in [0.25, 0.3) is 6.08 Å². The predicted molar refractivity (Wildman–Crippen MR) is 104 cm³/mol. The number of rotatable bonds is 4. The molecular formula is C18H15BrN2O3S. The van der Waals surface area contributed by atoms with Gasteiger partial charge in [-0.05, 0) is 64.1 Å². The Morgan fingerprint density at radius 2 is 1.96 bits per heavy atom.